The summed E-state index contributed by atoms with van der Waals surface area (Å²) in [4.78, 5) is 11.4. The number of piperidine rings is 1. The molecule has 5 heteroatoms. The second kappa shape index (κ2) is 4.65. The third-order valence-corrected chi connectivity index (χ3v) is 2.96. The molecule has 2 heterocycles. The van der Waals surface area contributed by atoms with Crippen LogP contribution < -0.4 is 5.32 Å². The van der Waals surface area contributed by atoms with Gasteiger partial charge in [-0.25, -0.2) is 4.79 Å². The van der Waals surface area contributed by atoms with Gasteiger partial charge in [-0.1, -0.05) is 6.42 Å². The van der Waals surface area contributed by atoms with Crippen molar-refractivity contribution in [2.24, 2.45) is 7.05 Å². The van der Waals surface area contributed by atoms with E-state index in [-0.39, 0.29) is 12.0 Å². The van der Waals surface area contributed by atoms with Crippen molar-refractivity contribution in [3.8, 4) is 0 Å². The van der Waals surface area contributed by atoms with Gasteiger partial charge >= 0.3 is 5.97 Å². The molecule has 0 amide bonds. The van der Waals surface area contributed by atoms with E-state index >= 15 is 0 Å². The van der Waals surface area contributed by atoms with E-state index in [2.05, 4.69) is 10.4 Å². The fraction of sp³-hybridized carbons (Fsp3) is 0.636. The van der Waals surface area contributed by atoms with Crippen LogP contribution in [-0.2, 0) is 11.8 Å². The van der Waals surface area contributed by atoms with Crippen molar-refractivity contribution >= 4 is 5.97 Å². The monoisotopic (exact) mass is 223 g/mol. The highest BCUT2D eigenvalue weighted by atomic mass is 16.5. The number of aryl methyl sites for hydroxylation is 1. The first kappa shape index (κ1) is 11.1. The van der Waals surface area contributed by atoms with Crippen LogP contribution in [0.15, 0.2) is 6.07 Å². The summed E-state index contributed by atoms with van der Waals surface area (Å²) in [6, 6.07) is 2.09. The Hall–Kier alpha value is -1.36. The van der Waals surface area contributed by atoms with Gasteiger partial charge in [-0.05, 0) is 25.5 Å². The number of methoxy groups -OCH3 is 1. The zero-order chi connectivity index (χ0) is 11.5. The van der Waals surface area contributed by atoms with Gasteiger partial charge in [-0.3, -0.25) is 4.68 Å². The Morgan fingerprint density at radius 3 is 3.06 bits per heavy atom. The van der Waals surface area contributed by atoms with Gasteiger partial charge in [-0.2, -0.15) is 5.10 Å². The zero-order valence-electron chi connectivity index (χ0n) is 9.69. The number of aromatic nitrogens is 2. The lowest BCUT2D eigenvalue weighted by Gasteiger charge is -2.21. The average Bonchev–Trinajstić information content (AvgIpc) is 2.71. The molecule has 0 aliphatic carbocycles. The van der Waals surface area contributed by atoms with Gasteiger partial charge in [0.1, 0.15) is 5.69 Å². The smallest absolute Gasteiger partial charge is 0.356 e. The highest BCUT2D eigenvalue weighted by molar-refractivity contribution is 5.87. The Morgan fingerprint density at radius 2 is 2.44 bits per heavy atom. The number of hydrogen-bond donors (Lipinski definition) is 1. The Bertz CT molecular complexity index is 381. The van der Waals surface area contributed by atoms with E-state index in [0.29, 0.717) is 5.69 Å². The Labute approximate surface area is 94.8 Å². The van der Waals surface area contributed by atoms with E-state index in [4.69, 9.17) is 4.74 Å². The minimum atomic E-state index is -0.336. The van der Waals surface area contributed by atoms with Gasteiger partial charge in [0, 0.05) is 7.05 Å². The van der Waals surface area contributed by atoms with Crippen molar-refractivity contribution in [3.05, 3.63) is 17.5 Å². The first-order valence-electron chi connectivity index (χ1n) is 5.58. The fourth-order valence-electron chi connectivity index (χ4n) is 2.06. The normalized spacial score (nSPS) is 20.8. The van der Waals surface area contributed by atoms with Crippen LogP contribution in [0.1, 0.15) is 41.5 Å². The van der Waals surface area contributed by atoms with Crippen LogP contribution in [0.4, 0.5) is 0 Å². The molecule has 1 atom stereocenters. The molecule has 1 aliphatic heterocycles. The highest BCUT2D eigenvalue weighted by Crippen LogP contribution is 2.22. The first-order valence-corrected chi connectivity index (χ1v) is 5.58. The maximum atomic E-state index is 11.4. The molecule has 1 aromatic rings. The van der Waals surface area contributed by atoms with Gasteiger partial charge in [0.25, 0.3) is 0 Å². The third-order valence-electron chi connectivity index (χ3n) is 2.96. The van der Waals surface area contributed by atoms with Gasteiger partial charge in [0.2, 0.25) is 0 Å². The Balaban J connectivity index is 2.19. The number of rotatable bonds is 2. The summed E-state index contributed by atoms with van der Waals surface area (Å²) in [5.41, 5.74) is 1.44. The molecule has 5 nitrogen and oxygen atoms in total. The molecule has 1 aliphatic rings. The number of nitrogens with zero attached hydrogens (tertiary/aromatic N) is 2. The van der Waals surface area contributed by atoms with Gasteiger partial charge in [-0.15, -0.1) is 0 Å². The molecule has 88 valence electrons. The molecule has 0 bridgehead atoms. The van der Waals surface area contributed by atoms with E-state index in [1.54, 1.807) is 11.7 Å². The second-order valence-corrected chi connectivity index (χ2v) is 4.07. The van der Waals surface area contributed by atoms with Crippen LogP contribution in [0.2, 0.25) is 0 Å². The van der Waals surface area contributed by atoms with Crippen LogP contribution in [-0.4, -0.2) is 29.4 Å². The quantitative estimate of drug-likeness (QED) is 0.761. The van der Waals surface area contributed by atoms with Crippen LogP contribution in [0.3, 0.4) is 0 Å². The maximum absolute atomic E-state index is 11.4. The second-order valence-electron chi connectivity index (χ2n) is 4.07. The summed E-state index contributed by atoms with van der Waals surface area (Å²) in [5, 5.41) is 7.76. The number of ether oxygens (including phenoxy) is 1. The molecule has 1 N–H and O–H groups in total. The van der Waals surface area contributed by atoms with Crippen LogP contribution in [0.25, 0.3) is 0 Å². The molecule has 0 saturated carbocycles. The first-order chi connectivity index (χ1) is 7.72. The minimum Gasteiger partial charge on any atom is -0.464 e. The maximum Gasteiger partial charge on any atom is 0.356 e. The average molecular weight is 223 g/mol. The summed E-state index contributed by atoms with van der Waals surface area (Å²) in [6.45, 7) is 1.02. The molecule has 0 aromatic carbocycles. The zero-order valence-corrected chi connectivity index (χ0v) is 9.69. The van der Waals surface area contributed by atoms with E-state index in [1.807, 2.05) is 6.07 Å². The highest BCUT2D eigenvalue weighted by Gasteiger charge is 2.21. The number of hydrogen-bond acceptors (Lipinski definition) is 4. The summed E-state index contributed by atoms with van der Waals surface area (Å²) >= 11 is 0. The summed E-state index contributed by atoms with van der Waals surface area (Å²) in [6.07, 6.45) is 3.51. The standard InChI is InChI=1S/C11H17N3O2/c1-14-10(11(15)16-2)7-9(13-14)8-5-3-4-6-12-8/h7-8,12H,3-6H2,1-2H3/t8-/m0/s1. The van der Waals surface area contributed by atoms with Gasteiger partial charge < -0.3 is 10.1 Å². The Kier molecular flexibility index (Phi) is 3.24. The molecule has 0 spiro atoms. The van der Waals surface area contributed by atoms with Crippen molar-refractivity contribution in [3.63, 3.8) is 0 Å². The van der Waals surface area contributed by atoms with Gasteiger partial charge in [0.15, 0.2) is 0 Å². The predicted octanol–water partition coefficient (Wildman–Crippen LogP) is 1.02. The summed E-state index contributed by atoms with van der Waals surface area (Å²) in [5.74, 6) is -0.336. The molecular formula is C11H17N3O2. The minimum absolute atomic E-state index is 0.276. The molecule has 1 aromatic heterocycles. The Morgan fingerprint density at radius 1 is 1.62 bits per heavy atom. The topological polar surface area (TPSA) is 56.1 Å². The van der Waals surface area contributed by atoms with E-state index < -0.39 is 0 Å². The lowest BCUT2D eigenvalue weighted by atomic mass is 10.0. The van der Waals surface area contributed by atoms with Crippen molar-refractivity contribution in [1.82, 2.24) is 15.1 Å². The number of nitrogens with one attached hydrogen (secondary N) is 1. The molecule has 0 radical (unpaired) electrons. The number of esters is 1. The SMILES string of the molecule is COC(=O)c1cc([C@@H]2CCCCN2)nn1C. The molecule has 0 unspecified atom stereocenters. The number of carbonyl (C=O) groups is 1. The summed E-state index contributed by atoms with van der Waals surface area (Å²) < 4.78 is 6.28. The lowest BCUT2D eigenvalue weighted by molar-refractivity contribution is 0.0588. The lowest BCUT2D eigenvalue weighted by Crippen LogP contribution is -2.27. The van der Waals surface area contributed by atoms with Crippen molar-refractivity contribution in [2.75, 3.05) is 13.7 Å². The number of carbonyl (C=O) groups excluding carboxylic acids is 1. The van der Waals surface area contributed by atoms with Crippen LogP contribution in [0, 0.1) is 0 Å². The van der Waals surface area contributed by atoms with Crippen LogP contribution >= 0.6 is 0 Å². The molecule has 1 saturated heterocycles. The van der Waals surface area contributed by atoms with E-state index in [0.717, 1.165) is 18.7 Å². The van der Waals surface area contributed by atoms with E-state index in [9.17, 15) is 4.79 Å². The molecular weight excluding hydrogens is 206 g/mol. The van der Waals surface area contributed by atoms with Gasteiger partial charge in [0.05, 0.1) is 18.8 Å². The van der Waals surface area contributed by atoms with Crippen molar-refractivity contribution < 1.29 is 9.53 Å². The van der Waals surface area contributed by atoms with Crippen molar-refractivity contribution in [2.45, 2.75) is 25.3 Å². The fourth-order valence-corrected chi connectivity index (χ4v) is 2.06. The molecule has 1 fully saturated rings. The predicted molar refractivity (Wildman–Crippen MR) is 59.1 cm³/mol. The van der Waals surface area contributed by atoms with E-state index in [1.165, 1.54) is 20.0 Å². The third kappa shape index (κ3) is 2.09. The largest absolute Gasteiger partial charge is 0.464 e. The molecule has 16 heavy (non-hydrogen) atoms. The van der Waals surface area contributed by atoms with Crippen molar-refractivity contribution in [1.29, 1.82) is 0 Å². The summed E-state index contributed by atoms with van der Waals surface area (Å²) in [7, 11) is 3.15. The molecule has 2 rings (SSSR count). The van der Waals surface area contributed by atoms with Crippen LogP contribution in [0.5, 0.6) is 0 Å².